The Balaban J connectivity index is 1.44. The monoisotopic (exact) mass is 484 g/mol. The van der Waals surface area contributed by atoms with Crippen LogP contribution in [0.5, 0.6) is 0 Å². The molecule has 0 aliphatic rings. The molecule has 3 heteroatoms. The van der Waals surface area contributed by atoms with Crippen LogP contribution in [0.2, 0.25) is 0 Å². The second-order valence-corrected chi connectivity index (χ2v) is 9.73. The van der Waals surface area contributed by atoms with E-state index in [2.05, 4.69) is 146 Å². The Morgan fingerprint density at radius 3 is 1.87 bits per heavy atom. The number of hydrogen-bond donors (Lipinski definition) is 0. The number of fused-ring (bicyclic) bond motifs is 3. The first-order valence-corrected chi connectivity index (χ1v) is 13.0. The predicted octanol–water partition coefficient (Wildman–Crippen LogP) is 7.44. The summed E-state index contributed by atoms with van der Waals surface area (Å²) in [5, 5.41) is 2.59. The molecular weight excluding hydrogens is 459 g/mol. The molecule has 38 heavy (non-hydrogen) atoms. The van der Waals surface area contributed by atoms with E-state index in [0.29, 0.717) is 0 Å². The zero-order valence-corrected chi connectivity index (χ0v) is 21.2. The lowest BCUT2D eigenvalue weighted by Gasteiger charge is -2.13. The lowest BCUT2D eigenvalue weighted by molar-refractivity contribution is 1.18. The van der Waals surface area contributed by atoms with E-state index in [4.69, 9.17) is 4.98 Å². The van der Waals surface area contributed by atoms with E-state index >= 15 is 0 Å². The van der Waals surface area contributed by atoms with E-state index in [0.717, 1.165) is 33.8 Å². The Bertz CT molecular complexity index is 1860. The minimum atomic E-state index is 0.962. The van der Waals surface area contributed by atoms with Crippen LogP contribution in [-0.2, 0) is 0 Å². The molecule has 2 nitrogen and oxygen atoms in total. The van der Waals surface area contributed by atoms with Gasteiger partial charge in [0.15, 0.2) is 0 Å². The average molecular weight is 484 g/mol. The van der Waals surface area contributed by atoms with Gasteiger partial charge in [0.2, 0.25) is 0 Å². The van der Waals surface area contributed by atoms with Crippen LogP contribution in [0.15, 0.2) is 140 Å². The summed E-state index contributed by atoms with van der Waals surface area (Å²) in [5.41, 5.74) is 11.3. The van der Waals surface area contributed by atoms with E-state index in [1.54, 1.807) is 0 Å². The summed E-state index contributed by atoms with van der Waals surface area (Å²) in [7, 11) is 2.19. The van der Waals surface area contributed by atoms with Crippen LogP contribution < -0.4 is 5.46 Å². The van der Waals surface area contributed by atoms with Crippen molar-refractivity contribution in [2.24, 2.45) is 0 Å². The number of hydrogen-bond acceptors (Lipinski definition) is 1. The smallest absolute Gasteiger partial charge is 0.140 e. The van der Waals surface area contributed by atoms with Gasteiger partial charge in [-0.05, 0) is 47.5 Å². The summed E-state index contributed by atoms with van der Waals surface area (Å²) < 4.78 is 2.38. The Labute approximate surface area is 223 Å². The fourth-order valence-corrected chi connectivity index (χ4v) is 5.51. The van der Waals surface area contributed by atoms with Crippen molar-refractivity contribution in [1.82, 2.24) is 9.55 Å². The fraction of sp³-hybridized carbons (Fsp3) is 0. The number of para-hydroxylation sites is 1. The summed E-state index contributed by atoms with van der Waals surface area (Å²) in [6.07, 6.45) is 0. The zero-order chi connectivity index (χ0) is 25.5. The second kappa shape index (κ2) is 9.21. The normalized spacial score (nSPS) is 11.3. The topological polar surface area (TPSA) is 17.8 Å². The lowest BCUT2D eigenvalue weighted by Crippen LogP contribution is -2.02. The molecular formula is C35H25BN2. The highest BCUT2D eigenvalue weighted by molar-refractivity contribution is 6.41. The van der Waals surface area contributed by atoms with E-state index in [9.17, 15) is 0 Å². The van der Waals surface area contributed by atoms with Crippen molar-refractivity contribution >= 4 is 35.1 Å². The van der Waals surface area contributed by atoms with Gasteiger partial charge in [-0.1, -0.05) is 109 Å². The van der Waals surface area contributed by atoms with Crippen LogP contribution in [0.3, 0.4) is 0 Å². The van der Waals surface area contributed by atoms with Crippen molar-refractivity contribution in [1.29, 1.82) is 0 Å². The van der Waals surface area contributed by atoms with Crippen LogP contribution >= 0.6 is 0 Å². The largest absolute Gasteiger partial charge is 0.309 e. The van der Waals surface area contributed by atoms with Gasteiger partial charge in [0.25, 0.3) is 0 Å². The molecule has 0 saturated heterocycles. The average Bonchev–Trinajstić information content (AvgIpc) is 3.33. The summed E-state index contributed by atoms with van der Waals surface area (Å²) >= 11 is 0. The summed E-state index contributed by atoms with van der Waals surface area (Å²) in [4.78, 5) is 5.15. The van der Waals surface area contributed by atoms with Crippen LogP contribution in [0, 0.1) is 0 Å². The minimum absolute atomic E-state index is 0.962. The maximum Gasteiger partial charge on any atom is 0.140 e. The van der Waals surface area contributed by atoms with Crippen LogP contribution in [0.1, 0.15) is 0 Å². The second-order valence-electron chi connectivity index (χ2n) is 9.73. The number of rotatable bonds is 4. The molecule has 0 amide bonds. The molecule has 0 aliphatic heterocycles. The molecule has 0 spiro atoms. The molecule has 0 saturated carbocycles. The van der Waals surface area contributed by atoms with Gasteiger partial charge in [-0.25, -0.2) is 4.98 Å². The van der Waals surface area contributed by atoms with E-state index in [-0.39, 0.29) is 0 Å². The number of nitrogens with zero attached hydrogens (tertiary/aromatic N) is 2. The number of benzene rings is 5. The van der Waals surface area contributed by atoms with Gasteiger partial charge >= 0.3 is 0 Å². The molecule has 0 atom stereocenters. The summed E-state index contributed by atoms with van der Waals surface area (Å²) in [5.74, 6) is 0. The zero-order valence-electron chi connectivity index (χ0n) is 21.2. The quantitative estimate of drug-likeness (QED) is 0.238. The van der Waals surface area contributed by atoms with Crippen molar-refractivity contribution in [3.05, 3.63) is 140 Å². The molecule has 2 aromatic heterocycles. The highest BCUT2D eigenvalue weighted by Gasteiger charge is 2.15. The molecule has 0 aliphatic carbocycles. The van der Waals surface area contributed by atoms with Gasteiger partial charge < -0.3 is 4.57 Å². The first kappa shape index (κ1) is 22.3. The van der Waals surface area contributed by atoms with Gasteiger partial charge in [-0.15, -0.1) is 0 Å². The standard InChI is InChI=1S/C35H25BN2/c36-30-18-10-20-34-35(30)29-17-7-8-19-33(29)38(34)28-16-9-15-26(21-28)32-23-27(24-11-3-1-4-12-24)22-31(37-32)25-13-5-2-6-14-25/h1-23H,36H2. The molecule has 0 unspecified atom stereocenters. The maximum atomic E-state index is 5.15. The Morgan fingerprint density at radius 2 is 1.08 bits per heavy atom. The molecule has 7 aromatic rings. The molecule has 0 N–H and O–H groups in total. The maximum absolute atomic E-state index is 5.15. The van der Waals surface area contributed by atoms with Gasteiger partial charge in [0.1, 0.15) is 7.85 Å². The van der Waals surface area contributed by atoms with Crippen molar-refractivity contribution in [3.8, 4) is 39.3 Å². The Kier molecular flexibility index (Phi) is 5.41. The van der Waals surface area contributed by atoms with Crippen molar-refractivity contribution < 1.29 is 0 Å². The third-order valence-electron chi connectivity index (χ3n) is 7.31. The highest BCUT2D eigenvalue weighted by Crippen LogP contribution is 2.34. The Hall–Kier alpha value is -4.89. The molecule has 2 heterocycles. The van der Waals surface area contributed by atoms with Gasteiger partial charge in [0, 0.05) is 27.6 Å². The van der Waals surface area contributed by atoms with E-state index in [1.807, 2.05) is 6.07 Å². The van der Waals surface area contributed by atoms with Gasteiger partial charge in [0.05, 0.1) is 22.4 Å². The molecule has 178 valence electrons. The lowest BCUT2D eigenvalue weighted by atomic mass is 9.91. The van der Waals surface area contributed by atoms with Crippen LogP contribution in [0.25, 0.3) is 61.1 Å². The van der Waals surface area contributed by atoms with Crippen LogP contribution in [-0.4, -0.2) is 17.4 Å². The minimum Gasteiger partial charge on any atom is -0.309 e. The SMILES string of the molecule is Bc1cccc2c1c1ccccc1n2-c1cccc(-c2cc(-c3ccccc3)cc(-c3ccccc3)n2)c1. The van der Waals surface area contributed by atoms with Crippen LogP contribution in [0.4, 0.5) is 0 Å². The molecule has 7 rings (SSSR count). The first-order chi connectivity index (χ1) is 18.8. The van der Waals surface area contributed by atoms with E-state index in [1.165, 1.54) is 32.8 Å². The van der Waals surface area contributed by atoms with Gasteiger partial charge in [-0.3, -0.25) is 0 Å². The van der Waals surface area contributed by atoms with Gasteiger partial charge in [-0.2, -0.15) is 0 Å². The predicted molar refractivity (Wildman–Crippen MR) is 163 cm³/mol. The van der Waals surface area contributed by atoms with Crippen molar-refractivity contribution in [2.75, 3.05) is 0 Å². The third kappa shape index (κ3) is 3.81. The summed E-state index contributed by atoms with van der Waals surface area (Å²) in [6, 6.07) is 49.4. The van der Waals surface area contributed by atoms with Crippen molar-refractivity contribution in [2.45, 2.75) is 0 Å². The third-order valence-corrected chi connectivity index (χ3v) is 7.31. The number of aromatic nitrogens is 2. The molecule has 0 bridgehead atoms. The Morgan fingerprint density at radius 1 is 0.474 bits per heavy atom. The molecule has 5 aromatic carbocycles. The fourth-order valence-electron chi connectivity index (χ4n) is 5.51. The number of pyridine rings is 1. The summed E-state index contributed by atoms with van der Waals surface area (Å²) in [6.45, 7) is 0. The van der Waals surface area contributed by atoms with Crippen molar-refractivity contribution in [3.63, 3.8) is 0 Å². The molecule has 0 radical (unpaired) electrons. The van der Waals surface area contributed by atoms with E-state index < -0.39 is 0 Å². The first-order valence-electron chi connectivity index (χ1n) is 13.0. The molecule has 0 fully saturated rings. The highest BCUT2D eigenvalue weighted by atomic mass is 15.0.